The molecule has 1 heterocycles. The maximum Gasteiger partial charge on any atom is 0.309 e. The molecule has 2 aromatic rings. The van der Waals surface area contributed by atoms with E-state index in [-0.39, 0.29) is 40.6 Å². The molecule has 0 radical (unpaired) electrons. The Bertz CT molecular complexity index is 1760. The van der Waals surface area contributed by atoms with Gasteiger partial charge in [0.25, 0.3) is 0 Å². The lowest BCUT2D eigenvalue weighted by Gasteiger charge is -2.67. The number of carbonyl (C=O) groups excluding carboxylic acids is 2. The van der Waals surface area contributed by atoms with E-state index in [1.54, 1.807) is 13.8 Å². The summed E-state index contributed by atoms with van der Waals surface area (Å²) in [5, 5.41) is 19.1. The van der Waals surface area contributed by atoms with E-state index in [9.17, 15) is 19.5 Å². The highest BCUT2D eigenvalue weighted by molar-refractivity contribution is 6.30. The molecule has 7 rings (SSSR count). The van der Waals surface area contributed by atoms with Crippen molar-refractivity contribution in [3.05, 3.63) is 46.3 Å². The fourth-order valence-electron chi connectivity index (χ4n) is 12.4. The van der Waals surface area contributed by atoms with Gasteiger partial charge in [-0.05, 0) is 135 Å². The number of carboxylic acid groups (broad SMARTS) is 1. The molecule has 0 amide bonds. The average Bonchev–Trinajstić information content (AvgIpc) is 3.63. The molecule has 51 heavy (non-hydrogen) atoms. The number of ketones is 1. The lowest BCUT2D eigenvalue weighted by molar-refractivity contribution is -0.192. The number of aliphatic carboxylic acids is 1. The first-order valence-electron chi connectivity index (χ1n) is 19.3. The molecule has 4 fully saturated rings. The predicted octanol–water partition coefficient (Wildman–Crippen LogP) is 9.55. The summed E-state index contributed by atoms with van der Waals surface area (Å²) in [4.78, 5) is 38.6. The Morgan fingerprint density at radius 3 is 2.45 bits per heavy atom. The minimum absolute atomic E-state index is 0.120. The van der Waals surface area contributed by atoms with Crippen molar-refractivity contribution in [1.82, 2.24) is 10.2 Å². The minimum Gasteiger partial charge on any atom is -0.481 e. The summed E-state index contributed by atoms with van der Waals surface area (Å²) < 4.78 is 12.3. The average molecular weight is 719 g/mol. The van der Waals surface area contributed by atoms with Crippen LogP contribution in [-0.2, 0) is 25.5 Å². The molecule has 9 atom stereocenters. The number of nitrogens with zero attached hydrogens (tertiary/aromatic N) is 2. The molecule has 276 valence electrons. The number of rotatable bonds is 8. The number of fused-ring (bicyclic) bond motifs is 7. The van der Waals surface area contributed by atoms with Crippen LogP contribution in [0.5, 0.6) is 0 Å². The van der Waals surface area contributed by atoms with Gasteiger partial charge in [-0.2, -0.15) is 0 Å². The Balaban J connectivity index is 1.13. The van der Waals surface area contributed by atoms with Crippen LogP contribution in [0.25, 0.3) is 11.5 Å². The van der Waals surface area contributed by atoms with E-state index in [0.29, 0.717) is 59.1 Å². The fraction of sp³-hybridized carbons (Fsp3) is 0.690. The first-order chi connectivity index (χ1) is 24.0. The van der Waals surface area contributed by atoms with Gasteiger partial charge in [0.15, 0.2) is 5.78 Å². The van der Waals surface area contributed by atoms with Gasteiger partial charge in [-0.3, -0.25) is 14.4 Å². The normalized spacial score (nSPS) is 36.3. The summed E-state index contributed by atoms with van der Waals surface area (Å²) in [6.45, 7) is 14.9. The number of carboxylic acids is 1. The first-order valence-corrected chi connectivity index (χ1v) is 19.7. The molecule has 5 aliphatic carbocycles. The van der Waals surface area contributed by atoms with Crippen molar-refractivity contribution in [1.29, 1.82) is 0 Å². The highest BCUT2D eigenvalue weighted by Crippen LogP contribution is 2.72. The second-order valence-corrected chi connectivity index (χ2v) is 18.8. The molecule has 9 unspecified atom stereocenters. The Hall–Kier alpha value is -3.00. The van der Waals surface area contributed by atoms with Gasteiger partial charge >= 0.3 is 11.9 Å². The molecule has 9 heteroatoms. The smallest absolute Gasteiger partial charge is 0.309 e. The molecular formula is C42H55ClN2O6. The van der Waals surface area contributed by atoms with Gasteiger partial charge in [-0.15, -0.1) is 10.2 Å². The quantitative estimate of drug-likeness (QED) is 0.268. The zero-order chi connectivity index (χ0) is 36.7. The number of Topliss-reactive ketones (excluding diaryl/α,β-unsaturated/α-hetero) is 1. The summed E-state index contributed by atoms with van der Waals surface area (Å²) in [6, 6.07) is 7.46. The van der Waals surface area contributed by atoms with E-state index in [1.165, 1.54) is 5.57 Å². The number of allylic oxidation sites excluding steroid dienone is 2. The van der Waals surface area contributed by atoms with E-state index < -0.39 is 17.4 Å². The predicted molar refractivity (Wildman–Crippen MR) is 195 cm³/mol. The van der Waals surface area contributed by atoms with Crippen molar-refractivity contribution in [2.75, 3.05) is 0 Å². The summed E-state index contributed by atoms with van der Waals surface area (Å²) in [5.41, 5.74) is 2.11. The van der Waals surface area contributed by atoms with Gasteiger partial charge in [0.2, 0.25) is 11.8 Å². The van der Waals surface area contributed by atoms with Crippen molar-refractivity contribution in [2.24, 2.45) is 57.2 Å². The third-order valence-corrected chi connectivity index (χ3v) is 15.0. The van der Waals surface area contributed by atoms with Crippen LogP contribution < -0.4 is 0 Å². The number of carbonyl (C=O) groups is 3. The topological polar surface area (TPSA) is 120 Å². The molecule has 0 aliphatic heterocycles. The van der Waals surface area contributed by atoms with E-state index in [0.717, 1.165) is 62.5 Å². The van der Waals surface area contributed by atoms with Crippen molar-refractivity contribution in [3.8, 4) is 11.5 Å². The van der Waals surface area contributed by atoms with Crippen molar-refractivity contribution in [3.63, 3.8) is 0 Å². The number of halogens is 1. The maximum absolute atomic E-state index is 14.0. The third kappa shape index (κ3) is 5.99. The summed E-state index contributed by atoms with van der Waals surface area (Å²) in [5.74, 6) is 2.20. The van der Waals surface area contributed by atoms with Gasteiger partial charge in [0.05, 0.1) is 11.8 Å². The van der Waals surface area contributed by atoms with Crippen LogP contribution in [0.3, 0.4) is 0 Å². The zero-order valence-electron chi connectivity index (χ0n) is 31.4. The number of aromatic nitrogens is 2. The van der Waals surface area contributed by atoms with Crippen LogP contribution in [0.4, 0.5) is 0 Å². The van der Waals surface area contributed by atoms with E-state index in [1.807, 2.05) is 24.3 Å². The number of esters is 1. The second-order valence-electron chi connectivity index (χ2n) is 18.4. The molecule has 5 aliphatic rings. The molecule has 8 nitrogen and oxygen atoms in total. The molecule has 0 spiro atoms. The third-order valence-electron chi connectivity index (χ3n) is 14.7. The molecular weight excluding hydrogens is 664 g/mol. The van der Waals surface area contributed by atoms with Crippen LogP contribution in [0.15, 0.2) is 39.8 Å². The van der Waals surface area contributed by atoms with Gasteiger partial charge in [-0.25, -0.2) is 0 Å². The standard InChI is InChI=1S/C42H55ClN2O6/c1-23(2)35-30(46)20-42(21-33-44-45-37(51-33)25-9-8-10-26(43)19-25)18-14-29-27(36(35)42)11-12-32-40(6)17-15-31(24(3)28(40)13-16-41(29,32)7)50-34(47)22-39(4,5)38(48)49/h8-10,19,23-24,27-29,31-32H,11-18,20-22H2,1-7H3,(H,48,49). The molecule has 4 saturated carbocycles. The molecule has 1 N–H and O–H groups in total. The monoisotopic (exact) mass is 718 g/mol. The lowest BCUT2D eigenvalue weighted by Crippen LogP contribution is -2.60. The number of hydrogen-bond donors (Lipinski definition) is 1. The van der Waals surface area contributed by atoms with E-state index >= 15 is 0 Å². The Morgan fingerprint density at radius 2 is 1.75 bits per heavy atom. The van der Waals surface area contributed by atoms with Gasteiger partial charge in [0.1, 0.15) is 6.10 Å². The highest BCUT2D eigenvalue weighted by atomic mass is 35.5. The zero-order valence-corrected chi connectivity index (χ0v) is 32.1. The van der Waals surface area contributed by atoms with Crippen LogP contribution >= 0.6 is 11.6 Å². The molecule has 1 aromatic heterocycles. The minimum atomic E-state index is -1.15. The number of benzene rings is 1. The second kappa shape index (κ2) is 12.8. The largest absolute Gasteiger partial charge is 0.481 e. The van der Waals surface area contributed by atoms with Crippen molar-refractivity contribution < 1.29 is 28.6 Å². The summed E-state index contributed by atoms with van der Waals surface area (Å²) in [7, 11) is 0. The number of hydrogen-bond acceptors (Lipinski definition) is 7. The Morgan fingerprint density at radius 1 is 1.04 bits per heavy atom. The molecule has 0 bridgehead atoms. The number of ether oxygens (including phenoxy) is 1. The molecule has 0 saturated heterocycles. The lowest BCUT2D eigenvalue weighted by atomic mass is 9.38. The molecule has 1 aromatic carbocycles. The van der Waals surface area contributed by atoms with Crippen LogP contribution in [0.2, 0.25) is 5.02 Å². The van der Waals surface area contributed by atoms with Crippen molar-refractivity contribution in [2.45, 2.75) is 125 Å². The van der Waals surface area contributed by atoms with Crippen LogP contribution in [0, 0.1) is 57.2 Å². The SMILES string of the molecule is CC(C)C1=C2C3CCC4C(C)(CCC5C(C)C(OC(=O)CC(C)(C)C(=O)O)CCC54C)C3CCC2(Cc2nnc(-c3cccc(Cl)c3)o2)CC1=O. The fourth-order valence-corrected chi connectivity index (χ4v) is 12.6. The Labute approximate surface area is 307 Å². The van der Waals surface area contributed by atoms with Crippen molar-refractivity contribution >= 4 is 29.3 Å². The van der Waals surface area contributed by atoms with E-state index in [4.69, 9.17) is 20.8 Å². The maximum atomic E-state index is 14.0. The first kappa shape index (κ1) is 36.4. The summed E-state index contributed by atoms with van der Waals surface area (Å²) >= 11 is 6.25. The van der Waals surface area contributed by atoms with Crippen LogP contribution in [-0.4, -0.2) is 39.1 Å². The van der Waals surface area contributed by atoms with Gasteiger partial charge in [-0.1, -0.05) is 57.9 Å². The highest BCUT2D eigenvalue weighted by Gasteiger charge is 2.65. The Kier molecular flexibility index (Phi) is 9.16. The van der Waals surface area contributed by atoms with Gasteiger partial charge in [0, 0.05) is 28.8 Å². The van der Waals surface area contributed by atoms with Gasteiger partial charge < -0.3 is 14.3 Å². The summed E-state index contributed by atoms with van der Waals surface area (Å²) in [6.07, 6.45) is 9.12. The van der Waals surface area contributed by atoms with E-state index in [2.05, 4.69) is 44.8 Å². The van der Waals surface area contributed by atoms with Crippen LogP contribution in [0.1, 0.15) is 119 Å².